The van der Waals surface area contributed by atoms with Crippen LogP contribution in [-0.4, -0.2) is 11.2 Å². The second-order valence-corrected chi connectivity index (χ2v) is 4.61. The van der Waals surface area contributed by atoms with E-state index in [2.05, 4.69) is 0 Å². The summed E-state index contributed by atoms with van der Waals surface area (Å²) in [6.07, 6.45) is 3.43. The Balaban J connectivity index is 2.05. The number of hydrogen-bond acceptors (Lipinski definition) is 1. The van der Waals surface area contributed by atoms with Crippen molar-refractivity contribution in [1.82, 2.24) is 0 Å². The number of rotatable bonds is 3. The van der Waals surface area contributed by atoms with Crippen LogP contribution in [0.1, 0.15) is 24.8 Å². The van der Waals surface area contributed by atoms with Gasteiger partial charge in [-0.15, -0.1) is 0 Å². The van der Waals surface area contributed by atoms with Gasteiger partial charge in [-0.25, -0.2) is 4.39 Å². The van der Waals surface area contributed by atoms with Crippen molar-refractivity contribution in [3.05, 3.63) is 34.6 Å². The number of benzene rings is 1. The van der Waals surface area contributed by atoms with Gasteiger partial charge in [0.2, 0.25) is 0 Å². The van der Waals surface area contributed by atoms with E-state index in [4.69, 9.17) is 11.6 Å². The van der Waals surface area contributed by atoms with Gasteiger partial charge >= 0.3 is 0 Å². The largest absolute Gasteiger partial charge is 0.392 e. The van der Waals surface area contributed by atoms with Crippen LogP contribution < -0.4 is 0 Å². The zero-order valence-electron chi connectivity index (χ0n) is 8.42. The van der Waals surface area contributed by atoms with Crippen molar-refractivity contribution in [2.75, 3.05) is 0 Å². The molecule has 0 spiro atoms. The van der Waals surface area contributed by atoms with E-state index in [0.717, 1.165) is 12.8 Å². The Morgan fingerprint density at radius 2 is 2.20 bits per heavy atom. The van der Waals surface area contributed by atoms with Gasteiger partial charge in [-0.2, -0.15) is 0 Å². The van der Waals surface area contributed by atoms with Gasteiger partial charge in [0.25, 0.3) is 0 Å². The first-order valence-electron chi connectivity index (χ1n) is 5.29. The van der Waals surface area contributed by atoms with Crippen LogP contribution in [0.5, 0.6) is 0 Å². The standard InChI is InChI=1S/C12H14ClFO/c13-11-5-4-10(14)6-9(11)7-12(15)8-2-1-3-8/h4-6,8,12,15H,1-3,7H2. The molecule has 0 radical (unpaired) electrons. The molecule has 0 amide bonds. The van der Waals surface area contributed by atoms with Gasteiger partial charge in [-0.1, -0.05) is 18.0 Å². The van der Waals surface area contributed by atoms with Crippen LogP contribution >= 0.6 is 11.6 Å². The lowest BCUT2D eigenvalue weighted by molar-refractivity contribution is 0.0630. The lowest BCUT2D eigenvalue weighted by Gasteiger charge is -2.30. The quantitative estimate of drug-likeness (QED) is 0.843. The van der Waals surface area contributed by atoms with Gasteiger partial charge in [0, 0.05) is 11.4 Å². The molecule has 2 rings (SSSR count). The van der Waals surface area contributed by atoms with E-state index < -0.39 is 0 Å². The van der Waals surface area contributed by atoms with Crippen molar-refractivity contribution in [2.24, 2.45) is 5.92 Å². The average molecular weight is 229 g/mol. The second-order valence-electron chi connectivity index (χ2n) is 4.20. The number of aliphatic hydroxyl groups is 1. The Morgan fingerprint density at radius 1 is 1.47 bits per heavy atom. The molecular formula is C12H14ClFO. The van der Waals surface area contributed by atoms with E-state index in [-0.39, 0.29) is 11.9 Å². The lowest BCUT2D eigenvalue weighted by Crippen LogP contribution is -2.28. The van der Waals surface area contributed by atoms with E-state index in [0.29, 0.717) is 22.9 Å². The van der Waals surface area contributed by atoms with Gasteiger partial charge < -0.3 is 5.11 Å². The van der Waals surface area contributed by atoms with Crippen molar-refractivity contribution in [2.45, 2.75) is 31.8 Å². The molecule has 0 saturated heterocycles. The first-order chi connectivity index (χ1) is 7.16. The summed E-state index contributed by atoms with van der Waals surface area (Å²) in [4.78, 5) is 0. The fourth-order valence-electron chi connectivity index (χ4n) is 1.92. The van der Waals surface area contributed by atoms with Crippen molar-refractivity contribution in [3.8, 4) is 0 Å². The van der Waals surface area contributed by atoms with E-state index in [1.54, 1.807) is 6.07 Å². The van der Waals surface area contributed by atoms with Gasteiger partial charge in [-0.3, -0.25) is 0 Å². The highest BCUT2D eigenvalue weighted by Gasteiger charge is 2.26. The van der Waals surface area contributed by atoms with Gasteiger partial charge in [0.05, 0.1) is 6.10 Å². The summed E-state index contributed by atoms with van der Waals surface area (Å²) in [7, 11) is 0. The molecule has 0 aromatic heterocycles. The zero-order chi connectivity index (χ0) is 10.8. The van der Waals surface area contributed by atoms with Gasteiger partial charge in [0.1, 0.15) is 5.82 Å². The molecular weight excluding hydrogens is 215 g/mol. The molecule has 1 saturated carbocycles. The van der Waals surface area contributed by atoms with E-state index in [1.807, 2.05) is 0 Å². The lowest BCUT2D eigenvalue weighted by atomic mass is 9.79. The summed E-state index contributed by atoms with van der Waals surface area (Å²) in [5.41, 5.74) is 0.705. The monoisotopic (exact) mass is 228 g/mol. The molecule has 0 bridgehead atoms. The molecule has 1 atom stereocenters. The Morgan fingerprint density at radius 3 is 2.80 bits per heavy atom. The molecule has 15 heavy (non-hydrogen) atoms. The number of halogens is 2. The minimum absolute atomic E-state index is 0.296. The number of hydrogen-bond donors (Lipinski definition) is 1. The van der Waals surface area contributed by atoms with Crippen LogP contribution in [-0.2, 0) is 6.42 Å². The van der Waals surface area contributed by atoms with Crippen LogP contribution in [0.2, 0.25) is 5.02 Å². The summed E-state index contributed by atoms with van der Waals surface area (Å²) < 4.78 is 13.0. The maximum Gasteiger partial charge on any atom is 0.123 e. The predicted octanol–water partition coefficient (Wildman–Crippen LogP) is 3.18. The minimum Gasteiger partial charge on any atom is -0.392 e. The van der Waals surface area contributed by atoms with E-state index in [9.17, 15) is 9.50 Å². The Hall–Kier alpha value is -0.600. The van der Waals surface area contributed by atoms with Crippen molar-refractivity contribution in [1.29, 1.82) is 0 Å². The van der Waals surface area contributed by atoms with Crippen LogP contribution in [0.4, 0.5) is 4.39 Å². The molecule has 1 N–H and O–H groups in total. The highest BCUT2D eigenvalue weighted by Crippen LogP contribution is 2.32. The summed E-state index contributed by atoms with van der Waals surface area (Å²) in [5, 5.41) is 10.4. The zero-order valence-corrected chi connectivity index (χ0v) is 9.17. The Labute approximate surface area is 93.9 Å². The smallest absolute Gasteiger partial charge is 0.123 e. The van der Waals surface area contributed by atoms with Gasteiger partial charge in [0.15, 0.2) is 0 Å². The Kier molecular flexibility index (Phi) is 3.27. The maximum absolute atomic E-state index is 13.0. The maximum atomic E-state index is 13.0. The normalized spacial score (nSPS) is 18.6. The van der Waals surface area contributed by atoms with Crippen LogP contribution in [0.3, 0.4) is 0 Å². The van der Waals surface area contributed by atoms with Crippen molar-refractivity contribution >= 4 is 11.6 Å². The summed E-state index contributed by atoms with van der Waals surface area (Å²) in [6.45, 7) is 0. The highest BCUT2D eigenvalue weighted by molar-refractivity contribution is 6.31. The SMILES string of the molecule is OC(Cc1cc(F)ccc1Cl)C1CCC1. The highest BCUT2D eigenvalue weighted by atomic mass is 35.5. The van der Waals surface area contributed by atoms with Crippen LogP contribution in [0.25, 0.3) is 0 Å². The third-order valence-electron chi connectivity index (χ3n) is 3.13. The predicted molar refractivity (Wildman–Crippen MR) is 58.5 cm³/mol. The fourth-order valence-corrected chi connectivity index (χ4v) is 2.11. The minimum atomic E-state index is -0.377. The topological polar surface area (TPSA) is 20.2 Å². The van der Waals surface area contributed by atoms with E-state index >= 15 is 0 Å². The fraction of sp³-hybridized carbons (Fsp3) is 0.500. The van der Waals surface area contributed by atoms with Crippen molar-refractivity contribution in [3.63, 3.8) is 0 Å². The summed E-state index contributed by atoms with van der Waals surface area (Å²) >= 11 is 5.93. The Bertz CT molecular complexity index is 349. The molecule has 1 unspecified atom stereocenters. The molecule has 1 aliphatic carbocycles. The van der Waals surface area contributed by atoms with E-state index in [1.165, 1.54) is 18.6 Å². The number of aliphatic hydroxyl groups excluding tert-OH is 1. The first kappa shape index (κ1) is 10.9. The summed E-state index contributed by atoms with van der Waals surface area (Å²) in [5.74, 6) is 0.0829. The third kappa shape index (κ3) is 2.50. The molecule has 0 heterocycles. The molecule has 1 nitrogen and oxygen atoms in total. The molecule has 1 aromatic carbocycles. The molecule has 1 aromatic rings. The first-order valence-corrected chi connectivity index (χ1v) is 5.66. The van der Waals surface area contributed by atoms with Crippen LogP contribution in [0, 0.1) is 11.7 Å². The molecule has 0 aliphatic heterocycles. The third-order valence-corrected chi connectivity index (χ3v) is 3.50. The second kappa shape index (κ2) is 4.50. The molecule has 3 heteroatoms. The molecule has 1 fully saturated rings. The molecule has 82 valence electrons. The van der Waals surface area contributed by atoms with Gasteiger partial charge in [-0.05, 0) is 42.5 Å². The molecule has 1 aliphatic rings. The summed E-state index contributed by atoms with van der Waals surface area (Å²) in [6, 6.07) is 4.28. The van der Waals surface area contributed by atoms with Crippen molar-refractivity contribution < 1.29 is 9.50 Å². The van der Waals surface area contributed by atoms with Crippen LogP contribution in [0.15, 0.2) is 18.2 Å². The average Bonchev–Trinajstić information content (AvgIpc) is 2.08.